The van der Waals surface area contributed by atoms with Crippen molar-refractivity contribution in [1.29, 1.82) is 0 Å². The van der Waals surface area contributed by atoms with Crippen LogP contribution in [0.5, 0.6) is 5.75 Å². The first kappa shape index (κ1) is 18.5. The highest BCUT2D eigenvalue weighted by Gasteiger charge is 2.23. The predicted octanol–water partition coefficient (Wildman–Crippen LogP) is 4.24. The smallest absolute Gasteiger partial charge is 0.255 e. The monoisotopic (exact) mass is 340 g/mol. The van der Waals surface area contributed by atoms with Crippen LogP contribution in [0.4, 0.5) is 11.4 Å². The highest BCUT2D eigenvalue weighted by Crippen LogP contribution is 2.32. The highest BCUT2D eigenvalue weighted by atomic mass is 16.5. The fourth-order valence-corrected chi connectivity index (χ4v) is 2.18. The summed E-state index contributed by atoms with van der Waals surface area (Å²) in [4.78, 5) is 24.6. The first-order chi connectivity index (χ1) is 11.7. The van der Waals surface area contributed by atoms with E-state index in [1.54, 1.807) is 24.3 Å². The van der Waals surface area contributed by atoms with Gasteiger partial charge < -0.3 is 15.4 Å². The van der Waals surface area contributed by atoms with E-state index in [4.69, 9.17) is 4.74 Å². The number of carbonyl (C=O) groups excluding carboxylic acids is 2. The van der Waals surface area contributed by atoms with Crippen LogP contribution in [0.3, 0.4) is 0 Å². The number of amides is 2. The van der Waals surface area contributed by atoms with Crippen molar-refractivity contribution in [2.75, 3.05) is 17.7 Å². The molecule has 0 atom stereocenters. The molecule has 0 fully saturated rings. The van der Waals surface area contributed by atoms with Gasteiger partial charge in [0.25, 0.3) is 5.91 Å². The minimum Gasteiger partial charge on any atom is -0.494 e. The largest absolute Gasteiger partial charge is 0.494 e. The van der Waals surface area contributed by atoms with Crippen LogP contribution >= 0.6 is 0 Å². The minimum absolute atomic E-state index is 0.105. The number of carbonyl (C=O) groups is 2. The molecule has 0 radical (unpaired) electrons. The van der Waals surface area contributed by atoms with Gasteiger partial charge in [0.2, 0.25) is 5.91 Å². The summed E-state index contributed by atoms with van der Waals surface area (Å²) in [6, 6.07) is 12.5. The van der Waals surface area contributed by atoms with Gasteiger partial charge in [-0.2, -0.15) is 0 Å². The second-order valence-electron chi connectivity index (χ2n) is 6.89. The Hall–Kier alpha value is -2.82. The maximum Gasteiger partial charge on any atom is 0.255 e. The molecular formula is C20H24N2O3. The summed E-state index contributed by atoms with van der Waals surface area (Å²) in [7, 11) is 1.53. The normalized spacial score (nSPS) is 10.9. The molecule has 132 valence electrons. The predicted molar refractivity (Wildman–Crippen MR) is 100 cm³/mol. The summed E-state index contributed by atoms with van der Waals surface area (Å²) in [5.41, 5.74) is 2.11. The number of anilines is 2. The van der Waals surface area contributed by atoms with Crippen LogP contribution in [0.25, 0.3) is 0 Å². The van der Waals surface area contributed by atoms with E-state index in [0.29, 0.717) is 22.7 Å². The van der Waals surface area contributed by atoms with Crippen molar-refractivity contribution in [2.24, 2.45) is 5.41 Å². The number of benzene rings is 2. The van der Waals surface area contributed by atoms with Gasteiger partial charge in [-0.3, -0.25) is 9.59 Å². The van der Waals surface area contributed by atoms with E-state index in [-0.39, 0.29) is 11.8 Å². The van der Waals surface area contributed by atoms with Gasteiger partial charge in [-0.1, -0.05) is 39.0 Å². The molecule has 0 unspecified atom stereocenters. The number of hydrogen-bond donors (Lipinski definition) is 2. The third-order valence-corrected chi connectivity index (χ3v) is 3.76. The third kappa shape index (κ3) is 4.59. The van der Waals surface area contributed by atoms with Crippen LogP contribution in [-0.4, -0.2) is 18.9 Å². The maximum absolute atomic E-state index is 12.3. The molecule has 0 spiro atoms. The molecular weight excluding hydrogens is 316 g/mol. The summed E-state index contributed by atoms with van der Waals surface area (Å²) < 4.78 is 5.38. The topological polar surface area (TPSA) is 67.4 Å². The van der Waals surface area contributed by atoms with Gasteiger partial charge in [-0.25, -0.2) is 0 Å². The van der Waals surface area contributed by atoms with Crippen LogP contribution in [-0.2, 0) is 4.79 Å². The second kappa shape index (κ2) is 7.38. The van der Waals surface area contributed by atoms with Crippen LogP contribution < -0.4 is 15.4 Å². The lowest BCUT2D eigenvalue weighted by molar-refractivity contribution is -0.123. The Morgan fingerprint density at radius 3 is 2.16 bits per heavy atom. The lowest BCUT2D eigenvalue weighted by Crippen LogP contribution is -2.27. The Kier molecular flexibility index (Phi) is 5.47. The van der Waals surface area contributed by atoms with Crippen LogP contribution in [0.2, 0.25) is 0 Å². The molecule has 0 bridgehead atoms. The quantitative estimate of drug-likeness (QED) is 0.875. The summed E-state index contributed by atoms with van der Waals surface area (Å²) in [6.07, 6.45) is 0. The van der Waals surface area contributed by atoms with E-state index in [9.17, 15) is 9.59 Å². The zero-order valence-electron chi connectivity index (χ0n) is 15.3. The lowest BCUT2D eigenvalue weighted by Gasteiger charge is -2.20. The fraction of sp³-hybridized carbons (Fsp3) is 0.300. The lowest BCUT2D eigenvalue weighted by atomic mass is 9.95. The van der Waals surface area contributed by atoms with Crippen molar-refractivity contribution in [3.05, 3.63) is 53.6 Å². The van der Waals surface area contributed by atoms with Crippen molar-refractivity contribution in [1.82, 2.24) is 0 Å². The van der Waals surface area contributed by atoms with E-state index < -0.39 is 5.41 Å². The van der Waals surface area contributed by atoms with Crippen molar-refractivity contribution in [3.63, 3.8) is 0 Å². The molecule has 5 nitrogen and oxygen atoms in total. The van der Waals surface area contributed by atoms with Crippen molar-refractivity contribution in [3.8, 4) is 5.75 Å². The minimum atomic E-state index is -0.515. The van der Waals surface area contributed by atoms with Crippen molar-refractivity contribution in [2.45, 2.75) is 27.7 Å². The van der Waals surface area contributed by atoms with Gasteiger partial charge in [0.1, 0.15) is 5.75 Å². The van der Waals surface area contributed by atoms with E-state index in [1.807, 2.05) is 45.9 Å². The van der Waals surface area contributed by atoms with Crippen LogP contribution in [0.1, 0.15) is 36.7 Å². The molecule has 2 aromatic rings. The molecule has 0 heterocycles. The van der Waals surface area contributed by atoms with Gasteiger partial charge in [-0.05, 0) is 30.7 Å². The molecule has 0 aliphatic heterocycles. The number of methoxy groups -OCH3 is 1. The van der Waals surface area contributed by atoms with Gasteiger partial charge in [0, 0.05) is 22.7 Å². The Bertz CT molecular complexity index is 778. The Morgan fingerprint density at radius 1 is 0.960 bits per heavy atom. The van der Waals surface area contributed by atoms with Crippen molar-refractivity contribution >= 4 is 23.2 Å². The fourth-order valence-electron chi connectivity index (χ4n) is 2.18. The van der Waals surface area contributed by atoms with E-state index in [0.717, 1.165) is 5.56 Å². The SMILES string of the molecule is COc1cc(NC(=O)c2ccccc2)c(C)cc1NC(=O)C(C)(C)C. The third-order valence-electron chi connectivity index (χ3n) is 3.76. The Labute approximate surface area is 148 Å². The average Bonchev–Trinajstić information content (AvgIpc) is 2.57. The molecule has 2 rings (SSSR count). The molecule has 0 saturated carbocycles. The summed E-state index contributed by atoms with van der Waals surface area (Å²) in [6.45, 7) is 7.40. The zero-order chi connectivity index (χ0) is 18.6. The first-order valence-corrected chi connectivity index (χ1v) is 8.09. The standard InChI is InChI=1S/C20H24N2O3/c1-13-11-16(22-19(24)20(2,3)4)17(25-5)12-15(13)21-18(23)14-9-7-6-8-10-14/h6-12H,1-5H3,(H,21,23)(H,22,24). The summed E-state index contributed by atoms with van der Waals surface area (Å²) in [5, 5.41) is 5.76. The van der Waals surface area contributed by atoms with Crippen LogP contribution in [0.15, 0.2) is 42.5 Å². The molecule has 0 aliphatic rings. The number of aryl methyl sites for hydroxylation is 1. The van der Waals surface area contributed by atoms with E-state index in [2.05, 4.69) is 10.6 Å². The van der Waals surface area contributed by atoms with Gasteiger partial charge in [0.05, 0.1) is 12.8 Å². The Balaban J connectivity index is 2.27. The van der Waals surface area contributed by atoms with Crippen LogP contribution in [0, 0.1) is 12.3 Å². The molecule has 2 aromatic carbocycles. The van der Waals surface area contributed by atoms with E-state index in [1.165, 1.54) is 7.11 Å². The molecule has 2 amide bonds. The van der Waals surface area contributed by atoms with E-state index >= 15 is 0 Å². The summed E-state index contributed by atoms with van der Waals surface area (Å²) in [5.74, 6) is 0.190. The average molecular weight is 340 g/mol. The van der Waals surface area contributed by atoms with Gasteiger partial charge in [0.15, 0.2) is 0 Å². The molecule has 25 heavy (non-hydrogen) atoms. The number of hydrogen-bond acceptors (Lipinski definition) is 3. The second-order valence-corrected chi connectivity index (χ2v) is 6.89. The molecule has 5 heteroatoms. The van der Waals surface area contributed by atoms with Crippen molar-refractivity contribution < 1.29 is 14.3 Å². The molecule has 0 saturated heterocycles. The zero-order valence-corrected chi connectivity index (χ0v) is 15.3. The molecule has 0 aromatic heterocycles. The number of rotatable bonds is 4. The van der Waals surface area contributed by atoms with Gasteiger partial charge >= 0.3 is 0 Å². The first-order valence-electron chi connectivity index (χ1n) is 8.09. The van der Waals surface area contributed by atoms with Gasteiger partial charge in [-0.15, -0.1) is 0 Å². The number of ether oxygens (including phenoxy) is 1. The molecule has 2 N–H and O–H groups in total. The highest BCUT2D eigenvalue weighted by molar-refractivity contribution is 6.05. The number of nitrogens with one attached hydrogen (secondary N) is 2. The Morgan fingerprint density at radius 2 is 1.60 bits per heavy atom. The summed E-state index contributed by atoms with van der Waals surface area (Å²) >= 11 is 0. The molecule has 0 aliphatic carbocycles. The maximum atomic E-state index is 12.3.